The number of aromatic amines is 1. The van der Waals surface area contributed by atoms with E-state index in [1.165, 1.54) is 30.8 Å². The van der Waals surface area contributed by atoms with Gasteiger partial charge in [-0.1, -0.05) is 11.8 Å². The molecule has 1 fully saturated rings. The molecule has 23 heavy (non-hydrogen) atoms. The highest BCUT2D eigenvalue weighted by Crippen LogP contribution is 2.39. The second-order valence-electron chi connectivity index (χ2n) is 6.57. The molecule has 0 aromatic carbocycles. The van der Waals surface area contributed by atoms with Crippen molar-refractivity contribution in [2.24, 2.45) is 0 Å². The van der Waals surface area contributed by atoms with Crippen LogP contribution in [0.5, 0.6) is 0 Å². The highest BCUT2D eigenvalue weighted by molar-refractivity contribution is 8.13. The largest absolute Gasteiger partial charge is 0.491 e. The Morgan fingerprint density at radius 3 is 2.43 bits per heavy atom. The first-order chi connectivity index (χ1) is 10.6. The first kappa shape index (κ1) is 18.0. The van der Waals surface area contributed by atoms with Crippen molar-refractivity contribution in [1.29, 1.82) is 0 Å². The van der Waals surface area contributed by atoms with Crippen LogP contribution in [0.3, 0.4) is 0 Å². The summed E-state index contributed by atoms with van der Waals surface area (Å²) in [6.45, 7) is 9.44. The normalized spacial score (nSPS) is 19.9. The third kappa shape index (κ3) is 4.37. The lowest BCUT2D eigenvalue weighted by Gasteiger charge is -2.32. The second kappa shape index (κ2) is 6.67. The van der Waals surface area contributed by atoms with Crippen molar-refractivity contribution in [2.45, 2.75) is 45.8 Å². The predicted octanol–water partition coefficient (Wildman–Crippen LogP) is 2.67. The molecule has 1 aliphatic rings. The molecule has 0 atom stereocenters. The first-order valence-electron chi connectivity index (χ1n) is 7.49. The van der Waals surface area contributed by atoms with Gasteiger partial charge in [0, 0.05) is 36.7 Å². The summed E-state index contributed by atoms with van der Waals surface area (Å²) in [5, 5.41) is 0.0222. The standard InChI is InChI=1S/C16H22BNO4S/c1-11(19)23-10-12(8-13-9-14(20)6-7-18-13)17-21-15(2,3)16(4,5)22-17/h6-9H,10H2,1-5H3,(H,18,20). The lowest BCUT2D eigenvalue weighted by molar-refractivity contribution is -0.109. The van der Waals surface area contributed by atoms with E-state index in [1.807, 2.05) is 33.8 Å². The summed E-state index contributed by atoms with van der Waals surface area (Å²) in [5.41, 5.74) is 0.475. The second-order valence-corrected chi connectivity index (χ2v) is 7.72. The lowest BCUT2D eigenvalue weighted by atomic mass is 9.78. The Labute approximate surface area is 141 Å². The van der Waals surface area contributed by atoms with Gasteiger partial charge in [-0.2, -0.15) is 0 Å². The molecule has 1 saturated heterocycles. The number of thioether (sulfide) groups is 1. The Hall–Kier alpha value is -1.31. The van der Waals surface area contributed by atoms with Gasteiger partial charge in [-0.25, -0.2) is 0 Å². The number of nitrogens with one attached hydrogen (secondary N) is 1. The number of carbonyl (C=O) groups is 1. The van der Waals surface area contributed by atoms with Crippen LogP contribution in [0.2, 0.25) is 0 Å². The molecule has 1 aromatic heterocycles. The number of hydrogen-bond donors (Lipinski definition) is 1. The van der Waals surface area contributed by atoms with Crippen LogP contribution in [0.25, 0.3) is 6.08 Å². The van der Waals surface area contributed by atoms with Crippen molar-refractivity contribution in [3.8, 4) is 0 Å². The van der Waals surface area contributed by atoms with E-state index in [0.29, 0.717) is 11.4 Å². The molecule has 0 unspecified atom stereocenters. The van der Waals surface area contributed by atoms with E-state index in [4.69, 9.17) is 9.31 Å². The molecule has 2 heterocycles. The molecular weight excluding hydrogens is 313 g/mol. The van der Waals surface area contributed by atoms with Crippen LogP contribution in [0.4, 0.5) is 0 Å². The minimum Gasteiger partial charge on any atom is -0.400 e. The van der Waals surface area contributed by atoms with Crippen LogP contribution in [-0.2, 0) is 14.1 Å². The Morgan fingerprint density at radius 1 is 1.30 bits per heavy atom. The van der Waals surface area contributed by atoms with Gasteiger partial charge in [0.05, 0.1) is 11.2 Å². The van der Waals surface area contributed by atoms with Crippen molar-refractivity contribution in [3.05, 3.63) is 39.7 Å². The summed E-state index contributed by atoms with van der Waals surface area (Å²) in [7, 11) is -0.546. The average molecular weight is 335 g/mol. The average Bonchev–Trinajstić information content (AvgIpc) is 2.63. The molecular formula is C16H22BNO4S. The quantitative estimate of drug-likeness (QED) is 0.857. The van der Waals surface area contributed by atoms with Crippen LogP contribution < -0.4 is 5.43 Å². The minimum atomic E-state index is -0.546. The number of aromatic nitrogens is 1. The van der Waals surface area contributed by atoms with E-state index >= 15 is 0 Å². The van der Waals surface area contributed by atoms with Crippen LogP contribution >= 0.6 is 11.8 Å². The summed E-state index contributed by atoms with van der Waals surface area (Å²) in [5.74, 6) is 0.448. The van der Waals surface area contributed by atoms with E-state index in [1.54, 1.807) is 6.20 Å². The predicted molar refractivity (Wildman–Crippen MR) is 94.3 cm³/mol. The van der Waals surface area contributed by atoms with Gasteiger partial charge in [0.15, 0.2) is 10.5 Å². The smallest absolute Gasteiger partial charge is 0.400 e. The van der Waals surface area contributed by atoms with Gasteiger partial charge in [0.2, 0.25) is 0 Å². The minimum absolute atomic E-state index is 0.0222. The first-order valence-corrected chi connectivity index (χ1v) is 8.47. The molecule has 0 aliphatic carbocycles. The Kier molecular flexibility index (Phi) is 5.23. The van der Waals surface area contributed by atoms with Crippen molar-refractivity contribution in [3.63, 3.8) is 0 Å². The molecule has 124 valence electrons. The van der Waals surface area contributed by atoms with Crippen LogP contribution in [0, 0.1) is 0 Å². The van der Waals surface area contributed by atoms with Gasteiger partial charge >= 0.3 is 7.12 Å². The molecule has 0 spiro atoms. The number of H-pyrrole nitrogens is 1. The van der Waals surface area contributed by atoms with E-state index in [2.05, 4.69) is 4.98 Å². The molecule has 0 radical (unpaired) electrons. The van der Waals surface area contributed by atoms with Gasteiger partial charge < -0.3 is 14.3 Å². The van der Waals surface area contributed by atoms with Gasteiger partial charge in [-0.05, 0) is 39.2 Å². The third-order valence-electron chi connectivity index (χ3n) is 4.13. The highest BCUT2D eigenvalue weighted by atomic mass is 32.2. The maximum atomic E-state index is 11.5. The van der Waals surface area contributed by atoms with Crippen LogP contribution in [0.15, 0.2) is 28.6 Å². The molecule has 0 amide bonds. The van der Waals surface area contributed by atoms with Gasteiger partial charge in [0.1, 0.15) is 0 Å². The van der Waals surface area contributed by atoms with Crippen LogP contribution in [-0.4, -0.2) is 34.2 Å². The third-order valence-corrected chi connectivity index (χ3v) is 5.02. The zero-order valence-electron chi connectivity index (χ0n) is 14.1. The molecule has 7 heteroatoms. The molecule has 1 N–H and O–H groups in total. The number of carbonyl (C=O) groups excluding carboxylic acids is 1. The topological polar surface area (TPSA) is 68.4 Å². The summed E-state index contributed by atoms with van der Waals surface area (Å²) in [6.07, 6.45) is 3.41. The molecule has 0 saturated carbocycles. The van der Waals surface area contributed by atoms with Crippen molar-refractivity contribution < 1.29 is 14.1 Å². The van der Waals surface area contributed by atoms with Crippen molar-refractivity contribution in [1.82, 2.24) is 4.98 Å². The van der Waals surface area contributed by atoms with Crippen molar-refractivity contribution >= 4 is 30.1 Å². The SMILES string of the molecule is CC(=O)SCC(=Cc1cc(=O)cc[nH]1)B1OC(C)(C)C(C)(C)O1. The zero-order valence-corrected chi connectivity index (χ0v) is 15.0. The summed E-state index contributed by atoms with van der Waals surface area (Å²) >= 11 is 1.19. The Bertz CT molecular complexity index is 665. The highest BCUT2D eigenvalue weighted by Gasteiger charge is 2.52. The van der Waals surface area contributed by atoms with Crippen LogP contribution in [0.1, 0.15) is 40.3 Å². The fourth-order valence-corrected chi connectivity index (χ4v) is 2.69. The fourth-order valence-electron chi connectivity index (χ4n) is 2.10. The number of rotatable bonds is 4. The molecule has 0 bridgehead atoms. The van der Waals surface area contributed by atoms with E-state index < -0.39 is 18.3 Å². The Morgan fingerprint density at radius 2 is 1.91 bits per heavy atom. The van der Waals surface area contributed by atoms with E-state index in [-0.39, 0.29) is 10.5 Å². The summed E-state index contributed by atoms with van der Waals surface area (Å²) < 4.78 is 12.1. The fraction of sp³-hybridized carbons (Fsp3) is 0.500. The maximum absolute atomic E-state index is 11.5. The molecule has 2 rings (SSSR count). The lowest BCUT2D eigenvalue weighted by Crippen LogP contribution is -2.41. The molecule has 1 aromatic rings. The molecule has 1 aliphatic heterocycles. The monoisotopic (exact) mass is 335 g/mol. The molecule has 5 nitrogen and oxygen atoms in total. The van der Waals surface area contributed by atoms with Gasteiger partial charge in [-0.15, -0.1) is 0 Å². The number of hydrogen-bond acceptors (Lipinski definition) is 5. The summed E-state index contributed by atoms with van der Waals surface area (Å²) in [4.78, 5) is 25.8. The van der Waals surface area contributed by atoms with Crippen molar-refractivity contribution in [2.75, 3.05) is 5.75 Å². The van der Waals surface area contributed by atoms with Gasteiger partial charge in [0.25, 0.3) is 0 Å². The maximum Gasteiger partial charge on any atom is 0.491 e. The van der Waals surface area contributed by atoms with E-state index in [9.17, 15) is 9.59 Å². The Balaban J connectivity index is 2.32. The zero-order chi connectivity index (χ0) is 17.3. The number of pyridine rings is 1. The van der Waals surface area contributed by atoms with E-state index in [0.717, 1.165) is 5.47 Å². The summed E-state index contributed by atoms with van der Waals surface area (Å²) in [6, 6.07) is 2.96. The van der Waals surface area contributed by atoms with Gasteiger partial charge in [-0.3, -0.25) is 9.59 Å².